The minimum atomic E-state index is -3.73. The van der Waals surface area contributed by atoms with Crippen molar-refractivity contribution in [3.05, 3.63) is 36.5 Å². The van der Waals surface area contributed by atoms with Crippen molar-refractivity contribution in [2.24, 2.45) is 0 Å². The first-order valence-electron chi connectivity index (χ1n) is 6.34. The highest BCUT2D eigenvalue weighted by Crippen LogP contribution is 2.21. The zero-order chi connectivity index (χ0) is 14.6. The predicted octanol–water partition coefficient (Wildman–Crippen LogP) is 2.21. The highest BCUT2D eigenvalue weighted by molar-refractivity contribution is 7.89. The summed E-state index contributed by atoms with van der Waals surface area (Å²) in [6.45, 7) is 1.90. The Kier molecular flexibility index (Phi) is 4.32. The average Bonchev–Trinajstić information content (AvgIpc) is 2.46. The van der Waals surface area contributed by atoms with Crippen LogP contribution in [0.25, 0.3) is 10.9 Å². The first kappa shape index (κ1) is 14.4. The van der Waals surface area contributed by atoms with Crippen molar-refractivity contribution in [1.82, 2.24) is 9.71 Å². The van der Waals surface area contributed by atoms with E-state index in [1.807, 2.05) is 13.0 Å². The number of hydrogen-bond acceptors (Lipinski definition) is 4. The van der Waals surface area contributed by atoms with Crippen molar-refractivity contribution in [2.45, 2.75) is 30.7 Å². The number of nitrogens with zero attached hydrogens (tertiary/aromatic N) is 2. The maximum atomic E-state index is 12.4. The molecule has 0 bridgehead atoms. The number of sulfonamides is 1. The summed E-state index contributed by atoms with van der Waals surface area (Å²) in [6, 6.07) is 9.57. The molecule has 0 aliphatic carbocycles. The molecule has 0 amide bonds. The third-order valence-electron chi connectivity index (χ3n) is 2.93. The summed E-state index contributed by atoms with van der Waals surface area (Å²) in [5.41, 5.74) is 0.611. The molecule has 1 N–H and O–H groups in total. The van der Waals surface area contributed by atoms with Crippen molar-refractivity contribution < 1.29 is 8.42 Å². The van der Waals surface area contributed by atoms with Crippen LogP contribution in [-0.2, 0) is 10.0 Å². The number of fused-ring (bicyclic) bond motifs is 1. The van der Waals surface area contributed by atoms with Gasteiger partial charge in [0, 0.05) is 11.6 Å². The van der Waals surface area contributed by atoms with Crippen LogP contribution in [0.5, 0.6) is 0 Å². The lowest BCUT2D eigenvalue weighted by Crippen LogP contribution is -2.33. The third kappa shape index (κ3) is 2.95. The predicted molar refractivity (Wildman–Crippen MR) is 76.4 cm³/mol. The highest BCUT2D eigenvalue weighted by atomic mass is 32.2. The third-order valence-corrected chi connectivity index (χ3v) is 4.46. The van der Waals surface area contributed by atoms with Crippen LogP contribution in [0.1, 0.15) is 19.8 Å². The second kappa shape index (κ2) is 5.99. The monoisotopic (exact) mass is 289 g/mol. The fraction of sp³-hybridized carbons (Fsp3) is 0.286. The highest BCUT2D eigenvalue weighted by Gasteiger charge is 2.21. The van der Waals surface area contributed by atoms with Gasteiger partial charge in [0.15, 0.2) is 0 Å². The van der Waals surface area contributed by atoms with Crippen LogP contribution in [0.15, 0.2) is 41.4 Å². The summed E-state index contributed by atoms with van der Waals surface area (Å²) in [6.07, 6.45) is 2.83. The molecule has 0 saturated carbocycles. The van der Waals surface area contributed by atoms with E-state index in [1.54, 1.807) is 30.5 Å². The quantitative estimate of drug-likeness (QED) is 0.914. The van der Waals surface area contributed by atoms with E-state index >= 15 is 0 Å². The van der Waals surface area contributed by atoms with E-state index in [0.717, 1.165) is 6.42 Å². The van der Waals surface area contributed by atoms with E-state index in [4.69, 9.17) is 5.26 Å². The summed E-state index contributed by atoms with van der Waals surface area (Å²) >= 11 is 0. The maximum Gasteiger partial charge on any atom is 0.242 e. The molecule has 20 heavy (non-hydrogen) atoms. The van der Waals surface area contributed by atoms with Crippen LogP contribution in [0.2, 0.25) is 0 Å². The minimum Gasteiger partial charge on any atom is -0.256 e. The standard InChI is InChI=1S/C14H15N3O2S/c1-2-5-11(10-15)17-20(18,19)14-8-3-7-13-12(14)6-4-9-16-13/h3-4,6-9,11,17H,2,5H2,1H3. The van der Waals surface area contributed by atoms with Crippen LogP contribution < -0.4 is 4.72 Å². The van der Waals surface area contributed by atoms with E-state index in [-0.39, 0.29) is 4.90 Å². The Bertz CT molecular complexity index is 745. The first-order chi connectivity index (χ1) is 9.58. The molecule has 1 heterocycles. The number of aromatic nitrogens is 1. The molecular formula is C14H15N3O2S. The SMILES string of the molecule is CCCC(C#N)NS(=O)(=O)c1cccc2ncccc12. The fourth-order valence-corrected chi connectivity index (χ4v) is 3.39. The van der Waals surface area contributed by atoms with Gasteiger partial charge < -0.3 is 0 Å². The fourth-order valence-electron chi connectivity index (χ4n) is 2.00. The molecule has 0 spiro atoms. The van der Waals surface area contributed by atoms with E-state index in [1.165, 1.54) is 6.07 Å². The van der Waals surface area contributed by atoms with Gasteiger partial charge in [-0.15, -0.1) is 0 Å². The van der Waals surface area contributed by atoms with Gasteiger partial charge in [-0.25, -0.2) is 8.42 Å². The number of nitriles is 1. The number of pyridine rings is 1. The van der Waals surface area contributed by atoms with Gasteiger partial charge in [-0.05, 0) is 30.7 Å². The molecule has 0 fully saturated rings. The van der Waals surface area contributed by atoms with Gasteiger partial charge >= 0.3 is 0 Å². The molecule has 1 unspecified atom stereocenters. The van der Waals surface area contributed by atoms with Crippen LogP contribution >= 0.6 is 0 Å². The number of nitrogens with one attached hydrogen (secondary N) is 1. The molecule has 2 rings (SSSR count). The van der Waals surface area contributed by atoms with E-state index in [0.29, 0.717) is 17.3 Å². The summed E-state index contributed by atoms with van der Waals surface area (Å²) in [5.74, 6) is 0. The zero-order valence-corrected chi connectivity index (χ0v) is 11.9. The Morgan fingerprint density at radius 3 is 2.85 bits per heavy atom. The van der Waals surface area contributed by atoms with Gasteiger partial charge in [0.25, 0.3) is 0 Å². The van der Waals surface area contributed by atoms with Crippen molar-refractivity contribution in [2.75, 3.05) is 0 Å². The smallest absolute Gasteiger partial charge is 0.242 e. The zero-order valence-electron chi connectivity index (χ0n) is 11.1. The van der Waals surface area contributed by atoms with Gasteiger partial charge in [-0.1, -0.05) is 19.4 Å². The average molecular weight is 289 g/mol. The van der Waals surface area contributed by atoms with Gasteiger partial charge in [-0.2, -0.15) is 9.98 Å². The van der Waals surface area contributed by atoms with Crippen molar-refractivity contribution in [3.63, 3.8) is 0 Å². The summed E-state index contributed by atoms with van der Waals surface area (Å²) in [5, 5.41) is 9.54. The maximum absolute atomic E-state index is 12.4. The van der Waals surface area contributed by atoms with Gasteiger partial charge in [-0.3, -0.25) is 4.98 Å². The molecule has 0 saturated heterocycles. The number of rotatable bonds is 5. The molecule has 0 aliphatic heterocycles. The second-order valence-corrected chi connectivity index (χ2v) is 6.10. The van der Waals surface area contributed by atoms with E-state index in [2.05, 4.69) is 9.71 Å². The summed E-state index contributed by atoms with van der Waals surface area (Å²) < 4.78 is 27.2. The van der Waals surface area contributed by atoms with Crippen molar-refractivity contribution in [3.8, 4) is 6.07 Å². The molecule has 0 aliphatic rings. The summed E-state index contributed by atoms with van der Waals surface area (Å²) in [4.78, 5) is 4.29. The topological polar surface area (TPSA) is 82.9 Å². The van der Waals surface area contributed by atoms with Gasteiger partial charge in [0.05, 0.1) is 16.5 Å². The first-order valence-corrected chi connectivity index (χ1v) is 7.82. The van der Waals surface area contributed by atoms with E-state index in [9.17, 15) is 8.42 Å². The number of benzene rings is 1. The molecule has 6 heteroatoms. The van der Waals surface area contributed by atoms with Crippen molar-refractivity contribution in [1.29, 1.82) is 5.26 Å². The molecule has 1 aromatic heterocycles. The number of hydrogen-bond donors (Lipinski definition) is 1. The van der Waals surface area contributed by atoms with Crippen LogP contribution in [0, 0.1) is 11.3 Å². The van der Waals surface area contributed by atoms with Gasteiger partial charge in [0.2, 0.25) is 10.0 Å². The Hall–Kier alpha value is -1.97. The molecule has 1 atom stereocenters. The Labute approximate surface area is 118 Å². The van der Waals surface area contributed by atoms with Gasteiger partial charge in [0.1, 0.15) is 6.04 Å². The Balaban J connectivity index is 2.45. The largest absolute Gasteiger partial charge is 0.256 e. The molecule has 1 aromatic carbocycles. The molecule has 104 valence electrons. The summed E-state index contributed by atoms with van der Waals surface area (Å²) in [7, 11) is -3.73. The Morgan fingerprint density at radius 1 is 1.35 bits per heavy atom. The minimum absolute atomic E-state index is 0.152. The molecular weight excluding hydrogens is 274 g/mol. The second-order valence-electron chi connectivity index (χ2n) is 4.42. The normalized spacial score (nSPS) is 13.0. The molecule has 2 aromatic rings. The van der Waals surface area contributed by atoms with E-state index < -0.39 is 16.1 Å². The molecule has 0 radical (unpaired) electrons. The lowest BCUT2D eigenvalue weighted by molar-refractivity contribution is 0.564. The lowest BCUT2D eigenvalue weighted by atomic mass is 10.2. The van der Waals surface area contributed by atoms with Crippen molar-refractivity contribution >= 4 is 20.9 Å². The Morgan fingerprint density at radius 2 is 2.15 bits per heavy atom. The molecule has 5 nitrogen and oxygen atoms in total. The van der Waals surface area contributed by atoms with Crippen LogP contribution in [-0.4, -0.2) is 19.4 Å². The van der Waals surface area contributed by atoms with Crippen LogP contribution in [0.3, 0.4) is 0 Å². The lowest BCUT2D eigenvalue weighted by Gasteiger charge is -2.12. The van der Waals surface area contributed by atoms with Crippen LogP contribution in [0.4, 0.5) is 0 Å².